The number of halogens is 2. The summed E-state index contributed by atoms with van der Waals surface area (Å²) in [5.74, 6) is 0.433. The minimum absolute atomic E-state index is 0.404. The molecular formula is C10H13Cl2N. The summed E-state index contributed by atoms with van der Waals surface area (Å²) in [6, 6.07) is 0. The Morgan fingerprint density at radius 1 is 1.15 bits per heavy atom. The van der Waals surface area contributed by atoms with Gasteiger partial charge in [0.25, 0.3) is 0 Å². The number of aryl methyl sites for hydroxylation is 1. The molecule has 0 unspecified atom stereocenters. The molecule has 0 N–H and O–H groups in total. The minimum atomic E-state index is 0.404. The molecule has 0 radical (unpaired) electrons. The first-order chi connectivity index (χ1) is 5.95. The minimum Gasteiger partial charge on any atom is -0.240 e. The summed E-state index contributed by atoms with van der Waals surface area (Å²) in [6.45, 7) is 8.20. The van der Waals surface area contributed by atoms with E-state index in [1.807, 2.05) is 13.8 Å². The van der Waals surface area contributed by atoms with Crippen molar-refractivity contribution in [3.8, 4) is 0 Å². The molecule has 0 aliphatic heterocycles. The Morgan fingerprint density at radius 3 is 2.15 bits per heavy atom. The lowest BCUT2D eigenvalue weighted by molar-refractivity contribution is 0.832. The van der Waals surface area contributed by atoms with Crippen molar-refractivity contribution in [3.63, 3.8) is 0 Å². The lowest BCUT2D eigenvalue weighted by Crippen LogP contribution is -2.00. The van der Waals surface area contributed by atoms with Gasteiger partial charge in [0.1, 0.15) is 5.15 Å². The SMILES string of the molecule is Cc1nc(Cl)c(Cl)c(C)c1C(C)C. The topological polar surface area (TPSA) is 12.9 Å². The van der Waals surface area contributed by atoms with Gasteiger partial charge in [-0.1, -0.05) is 37.0 Å². The van der Waals surface area contributed by atoms with Crippen LogP contribution in [0.4, 0.5) is 0 Å². The maximum absolute atomic E-state index is 6.00. The van der Waals surface area contributed by atoms with Crippen molar-refractivity contribution in [2.24, 2.45) is 0 Å². The molecule has 3 heteroatoms. The van der Waals surface area contributed by atoms with Gasteiger partial charge in [-0.15, -0.1) is 0 Å². The molecule has 0 atom stereocenters. The highest BCUT2D eigenvalue weighted by Gasteiger charge is 2.13. The molecule has 1 aromatic rings. The Morgan fingerprint density at radius 2 is 1.69 bits per heavy atom. The molecule has 0 saturated heterocycles. The van der Waals surface area contributed by atoms with Gasteiger partial charge in [-0.2, -0.15) is 0 Å². The van der Waals surface area contributed by atoms with Crippen LogP contribution in [0.25, 0.3) is 0 Å². The molecule has 0 amide bonds. The Balaban J connectivity index is 3.44. The quantitative estimate of drug-likeness (QED) is 0.646. The normalized spacial score (nSPS) is 11.0. The van der Waals surface area contributed by atoms with E-state index in [1.54, 1.807) is 0 Å². The molecule has 0 saturated carbocycles. The van der Waals surface area contributed by atoms with Crippen molar-refractivity contribution in [2.45, 2.75) is 33.6 Å². The number of nitrogens with zero attached hydrogens (tertiary/aromatic N) is 1. The molecule has 13 heavy (non-hydrogen) atoms. The molecule has 1 heterocycles. The van der Waals surface area contributed by atoms with Gasteiger partial charge in [0.05, 0.1) is 5.02 Å². The van der Waals surface area contributed by atoms with Crippen LogP contribution in [0.5, 0.6) is 0 Å². The number of rotatable bonds is 1. The fourth-order valence-corrected chi connectivity index (χ4v) is 2.06. The zero-order valence-electron chi connectivity index (χ0n) is 8.28. The third-order valence-electron chi connectivity index (χ3n) is 2.15. The van der Waals surface area contributed by atoms with E-state index in [9.17, 15) is 0 Å². The van der Waals surface area contributed by atoms with Gasteiger partial charge in [-0.25, -0.2) is 4.98 Å². The van der Waals surface area contributed by atoms with Crippen LogP contribution in [0, 0.1) is 13.8 Å². The van der Waals surface area contributed by atoms with Crippen molar-refractivity contribution >= 4 is 23.2 Å². The van der Waals surface area contributed by atoms with Crippen molar-refractivity contribution in [3.05, 3.63) is 27.0 Å². The predicted octanol–water partition coefficient (Wildman–Crippen LogP) is 4.13. The van der Waals surface area contributed by atoms with Crippen molar-refractivity contribution in [2.75, 3.05) is 0 Å². The molecule has 0 spiro atoms. The Hall–Kier alpha value is -0.270. The first kappa shape index (κ1) is 10.8. The molecule has 0 fully saturated rings. The summed E-state index contributed by atoms with van der Waals surface area (Å²) in [4.78, 5) is 4.19. The third-order valence-corrected chi connectivity index (χ3v) is 2.98. The van der Waals surface area contributed by atoms with Gasteiger partial charge in [0, 0.05) is 5.69 Å². The highest BCUT2D eigenvalue weighted by Crippen LogP contribution is 2.31. The van der Waals surface area contributed by atoms with Gasteiger partial charge >= 0.3 is 0 Å². The monoisotopic (exact) mass is 217 g/mol. The van der Waals surface area contributed by atoms with Crippen LogP contribution in [0.3, 0.4) is 0 Å². The number of hydrogen-bond acceptors (Lipinski definition) is 1. The first-order valence-electron chi connectivity index (χ1n) is 4.27. The largest absolute Gasteiger partial charge is 0.240 e. The van der Waals surface area contributed by atoms with Gasteiger partial charge in [-0.3, -0.25) is 0 Å². The highest BCUT2D eigenvalue weighted by molar-refractivity contribution is 6.41. The zero-order chi connectivity index (χ0) is 10.2. The lowest BCUT2D eigenvalue weighted by Gasteiger charge is -2.14. The second-order valence-electron chi connectivity index (χ2n) is 3.50. The van der Waals surface area contributed by atoms with Crippen LogP contribution in [0.1, 0.15) is 36.6 Å². The molecule has 72 valence electrons. The first-order valence-corrected chi connectivity index (χ1v) is 5.02. The number of pyridine rings is 1. The third kappa shape index (κ3) is 1.97. The molecule has 0 bridgehead atoms. The lowest BCUT2D eigenvalue weighted by atomic mass is 9.97. The Kier molecular flexibility index (Phi) is 3.20. The second kappa shape index (κ2) is 3.85. The van der Waals surface area contributed by atoms with Crippen molar-refractivity contribution in [1.82, 2.24) is 4.98 Å². The van der Waals surface area contributed by atoms with E-state index in [0.29, 0.717) is 16.1 Å². The molecule has 0 aliphatic carbocycles. The van der Waals surface area contributed by atoms with Crippen molar-refractivity contribution < 1.29 is 0 Å². The Bertz CT molecular complexity index is 332. The average molecular weight is 218 g/mol. The molecule has 0 aliphatic rings. The van der Waals surface area contributed by atoms with Crippen LogP contribution in [-0.4, -0.2) is 4.98 Å². The number of aromatic nitrogens is 1. The standard InChI is InChI=1S/C10H13Cl2N/c1-5(2)8-6(3)9(11)10(12)13-7(8)4/h5H,1-4H3. The summed E-state index contributed by atoms with van der Waals surface area (Å²) >= 11 is 11.9. The maximum Gasteiger partial charge on any atom is 0.148 e. The maximum atomic E-state index is 6.00. The van der Waals surface area contributed by atoms with Crippen LogP contribution in [-0.2, 0) is 0 Å². The van der Waals surface area contributed by atoms with Crippen LogP contribution < -0.4 is 0 Å². The van der Waals surface area contributed by atoms with Gasteiger partial charge < -0.3 is 0 Å². The van der Waals surface area contributed by atoms with Gasteiger partial charge in [0.15, 0.2) is 0 Å². The van der Waals surface area contributed by atoms with Crippen LogP contribution in [0.2, 0.25) is 10.2 Å². The summed E-state index contributed by atoms with van der Waals surface area (Å²) in [6.07, 6.45) is 0. The van der Waals surface area contributed by atoms with E-state index in [-0.39, 0.29) is 0 Å². The van der Waals surface area contributed by atoms with E-state index < -0.39 is 0 Å². The Labute approximate surface area is 89.1 Å². The van der Waals surface area contributed by atoms with E-state index in [1.165, 1.54) is 5.56 Å². The number of hydrogen-bond donors (Lipinski definition) is 0. The smallest absolute Gasteiger partial charge is 0.148 e. The molecular weight excluding hydrogens is 205 g/mol. The predicted molar refractivity (Wildman–Crippen MR) is 57.8 cm³/mol. The highest BCUT2D eigenvalue weighted by atomic mass is 35.5. The van der Waals surface area contributed by atoms with Gasteiger partial charge in [0.2, 0.25) is 0 Å². The summed E-state index contributed by atoms with van der Waals surface area (Å²) in [7, 11) is 0. The molecule has 0 aromatic carbocycles. The zero-order valence-corrected chi connectivity index (χ0v) is 9.79. The second-order valence-corrected chi connectivity index (χ2v) is 4.23. The van der Waals surface area contributed by atoms with E-state index >= 15 is 0 Å². The van der Waals surface area contributed by atoms with Crippen LogP contribution >= 0.6 is 23.2 Å². The van der Waals surface area contributed by atoms with E-state index in [4.69, 9.17) is 23.2 Å². The molecule has 1 aromatic heterocycles. The van der Waals surface area contributed by atoms with Gasteiger partial charge in [-0.05, 0) is 30.9 Å². The summed E-state index contributed by atoms with van der Waals surface area (Å²) in [5, 5.41) is 0.983. The van der Waals surface area contributed by atoms with Crippen LogP contribution in [0.15, 0.2) is 0 Å². The fourth-order valence-electron chi connectivity index (χ4n) is 1.65. The van der Waals surface area contributed by atoms with Crippen molar-refractivity contribution in [1.29, 1.82) is 0 Å². The molecule has 1 nitrogen and oxygen atoms in total. The summed E-state index contributed by atoms with van der Waals surface area (Å²) in [5.41, 5.74) is 3.23. The van der Waals surface area contributed by atoms with E-state index in [0.717, 1.165) is 11.3 Å². The summed E-state index contributed by atoms with van der Waals surface area (Å²) < 4.78 is 0. The average Bonchev–Trinajstić information content (AvgIpc) is 1.99. The van der Waals surface area contributed by atoms with E-state index in [2.05, 4.69) is 18.8 Å². The fraction of sp³-hybridized carbons (Fsp3) is 0.500. The molecule has 1 rings (SSSR count).